The molecule has 1 heterocycles. The van der Waals surface area contributed by atoms with Crippen LogP contribution in [0.15, 0.2) is 66.4 Å². The Hall–Kier alpha value is -4.00. The Morgan fingerprint density at radius 2 is 1.76 bits per heavy atom. The lowest BCUT2D eigenvalue weighted by molar-refractivity contribution is 0.102. The number of ketones is 1. The molecule has 1 N–H and O–H groups in total. The van der Waals surface area contributed by atoms with E-state index in [1.165, 1.54) is 35.5 Å². The fraction of sp³-hybridized carbons (Fsp3) is 0.333. The molecular weight excluding hydrogens is 468 g/mol. The molecule has 1 aliphatic heterocycles. The second kappa shape index (κ2) is 11.4. The first-order chi connectivity index (χ1) is 17.9. The second-order valence-corrected chi connectivity index (χ2v) is 8.98. The van der Waals surface area contributed by atoms with E-state index in [1.54, 1.807) is 25.3 Å². The smallest absolute Gasteiger partial charge is 0.414 e. The molecule has 4 rings (SSSR count). The highest BCUT2D eigenvalue weighted by atomic mass is 16.6. The summed E-state index contributed by atoms with van der Waals surface area (Å²) < 4.78 is 16.2. The van der Waals surface area contributed by atoms with E-state index in [1.807, 2.05) is 13.0 Å². The van der Waals surface area contributed by atoms with Gasteiger partial charge in [-0.05, 0) is 42.7 Å². The Morgan fingerprint density at radius 3 is 2.46 bits per heavy atom. The molecule has 3 aromatic rings. The zero-order chi connectivity index (χ0) is 26.5. The van der Waals surface area contributed by atoms with Gasteiger partial charge in [-0.25, -0.2) is 4.79 Å². The molecule has 0 aromatic heterocycles. The van der Waals surface area contributed by atoms with Crippen LogP contribution >= 0.6 is 0 Å². The summed E-state index contributed by atoms with van der Waals surface area (Å²) in [6, 6.07) is 17.5. The fourth-order valence-corrected chi connectivity index (χ4v) is 4.97. The molecule has 7 nitrogen and oxygen atoms in total. The number of amides is 1. The van der Waals surface area contributed by atoms with Crippen molar-refractivity contribution in [1.82, 2.24) is 5.32 Å². The van der Waals surface area contributed by atoms with Gasteiger partial charge in [0.15, 0.2) is 17.3 Å². The molecule has 0 saturated heterocycles. The number of carbonyl (C=O) groups excluding carboxylic acids is 2. The number of hydrogen-bond acceptors (Lipinski definition) is 6. The molecule has 0 spiro atoms. The number of ether oxygens (including phenoxy) is 3. The number of nitrogens with one attached hydrogen (secondary N) is 1. The first-order valence-corrected chi connectivity index (χ1v) is 12.6. The summed E-state index contributed by atoms with van der Waals surface area (Å²) in [4.78, 5) is 28.1. The Morgan fingerprint density at radius 1 is 1.05 bits per heavy atom. The summed E-state index contributed by atoms with van der Waals surface area (Å²) in [7, 11) is 3.03. The Labute approximate surface area is 218 Å². The lowest BCUT2D eigenvalue weighted by Crippen LogP contribution is -2.46. The number of fused-ring (bicyclic) bond motifs is 2. The van der Waals surface area contributed by atoms with Gasteiger partial charge >= 0.3 is 6.09 Å². The molecule has 2 atom stereocenters. The van der Waals surface area contributed by atoms with E-state index >= 15 is 0 Å². The summed E-state index contributed by atoms with van der Waals surface area (Å²) in [6.45, 7) is 6.60. The minimum Gasteiger partial charge on any atom is -0.493 e. The predicted molar refractivity (Wildman–Crippen MR) is 146 cm³/mol. The molecule has 37 heavy (non-hydrogen) atoms. The third kappa shape index (κ3) is 4.99. The van der Waals surface area contributed by atoms with Crippen LogP contribution in [0.1, 0.15) is 49.0 Å². The minimum atomic E-state index is -0.540. The third-order valence-electron chi connectivity index (χ3n) is 6.95. The van der Waals surface area contributed by atoms with Gasteiger partial charge in [0, 0.05) is 30.3 Å². The van der Waals surface area contributed by atoms with Crippen molar-refractivity contribution in [1.29, 1.82) is 0 Å². The van der Waals surface area contributed by atoms with Crippen molar-refractivity contribution in [3.63, 3.8) is 0 Å². The van der Waals surface area contributed by atoms with Crippen LogP contribution in [-0.2, 0) is 4.74 Å². The van der Waals surface area contributed by atoms with E-state index in [9.17, 15) is 9.59 Å². The molecule has 0 saturated carbocycles. The predicted octanol–water partition coefficient (Wildman–Crippen LogP) is 6.07. The van der Waals surface area contributed by atoms with Gasteiger partial charge in [-0.3, -0.25) is 9.69 Å². The number of nitrogens with zero attached hydrogens (tertiary/aromatic N) is 1. The lowest BCUT2D eigenvalue weighted by Gasteiger charge is -2.35. The van der Waals surface area contributed by atoms with E-state index in [4.69, 9.17) is 14.2 Å². The summed E-state index contributed by atoms with van der Waals surface area (Å²) in [5, 5.41) is 5.83. The van der Waals surface area contributed by atoms with Crippen LogP contribution in [0.3, 0.4) is 0 Å². The first kappa shape index (κ1) is 26.1. The number of hydrogen-bond donors (Lipinski definition) is 1. The van der Waals surface area contributed by atoms with Gasteiger partial charge in [-0.2, -0.15) is 0 Å². The highest BCUT2D eigenvalue weighted by Gasteiger charge is 2.38. The average Bonchev–Trinajstić information content (AvgIpc) is 2.92. The molecule has 1 aliphatic rings. The van der Waals surface area contributed by atoms with E-state index in [0.717, 1.165) is 6.42 Å². The topological polar surface area (TPSA) is 77.1 Å². The van der Waals surface area contributed by atoms with Crippen LogP contribution in [0.25, 0.3) is 10.8 Å². The fourth-order valence-electron chi connectivity index (χ4n) is 4.97. The van der Waals surface area contributed by atoms with Crippen LogP contribution in [-0.4, -0.2) is 45.3 Å². The summed E-state index contributed by atoms with van der Waals surface area (Å²) in [6.07, 6.45) is 2.15. The van der Waals surface area contributed by atoms with Gasteiger partial charge in [0.05, 0.1) is 38.1 Å². The van der Waals surface area contributed by atoms with Gasteiger partial charge in [0.1, 0.15) is 0 Å². The molecule has 0 bridgehead atoms. The largest absolute Gasteiger partial charge is 0.493 e. The van der Waals surface area contributed by atoms with E-state index in [-0.39, 0.29) is 18.3 Å². The van der Waals surface area contributed by atoms with E-state index in [0.29, 0.717) is 34.9 Å². The van der Waals surface area contributed by atoms with Crippen molar-refractivity contribution in [2.75, 3.05) is 32.3 Å². The summed E-state index contributed by atoms with van der Waals surface area (Å²) in [5.74, 6) is 0.925. The van der Waals surface area contributed by atoms with Crippen LogP contribution in [0.5, 0.6) is 11.5 Å². The molecule has 0 fully saturated rings. The van der Waals surface area contributed by atoms with E-state index < -0.39 is 12.1 Å². The van der Waals surface area contributed by atoms with Crippen LogP contribution in [0, 0.1) is 0 Å². The quantitative estimate of drug-likeness (QED) is 0.377. The SMILES string of the molecule is CCOC(=O)N1c2cc(OC)c(OC)cc2C(=O)C(=CNCC(CC)c2cccc3ccccc23)C1C. The maximum Gasteiger partial charge on any atom is 0.414 e. The zero-order valence-electron chi connectivity index (χ0n) is 22.0. The van der Waals surface area contributed by atoms with Crippen LogP contribution in [0.2, 0.25) is 0 Å². The van der Waals surface area contributed by atoms with Gasteiger partial charge in [-0.15, -0.1) is 0 Å². The van der Waals surface area contributed by atoms with Gasteiger partial charge < -0.3 is 19.5 Å². The van der Waals surface area contributed by atoms with Gasteiger partial charge in [-0.1, -0.05) is 49.4 Å². The number of Topliss-reactive ketones (excluding diaryl/α,β-unsaturated/α-hetero) is 1. The average molecular weight is 503 g/mol. The van der Waals surface area contributed by atoms with E-state index in [2.05, 4.69) is 48.6 Å². The molecular formula is C30H34N2O5. The highest BCUT2D eigenvalue weighted by molar-refractivity contribution is 6.18. The Bertz CT molecular complexity index is 1330. The van der Waals surface area contributed by atoms with Crippen LogP contribution < -0.4 is 19.7 Å². The Kier molecular flexibility index (Phi) is 8.01. The van der Waals surface area contributed by atoms with Crippen LogP contribution in [0.4, 0.5) is 10.5 Å². The van der Waals surface area contributed by atoms with Crippen molar-refractivity contribution in [2.45, 2.75) is 39.2 Å². The first-order valence-electron chi connectivity index (χ1n) is 12.6. The zero-order valence-corrected chi connectivity index (χ0v) is 22.0. The molecule has 0 radical (unpaired) electrons. The number of methoxy groups -OCH3 is 2. The molecule has 3 aromatic carbocycles. The van der Waals surface area contributed by atoms with Crippen molar-refractivity contribution in [3.8, 4) is 11.5 Å². The monoisotopic (exact) mass is 502 g/mol. The molecule has 1 amide bonds. The van der Waals surface area contributed by atoms with Crippen molar-refractivity contribution < 1.29 is 23.8 Å². The summed E-state index contributed by atoms with van der Waals surface area (Å²) >= 11 is 0. The van der Waals surface area contributed by atoms with Crippen molar-refractivity contribution in [3.05, 3.63) is 77.5 Å². The number of anilines is 1. The maximum atomic E-state index is 13.6. The molecule has 194 valence electrons. The van der Waals surface area contributed by atoms with Crippen molar-refractivity contribution >= 4 is 28.3 Å². The van der Waals surface area contributed by atoms with Gasteiger partial charge in [0.25, 0.3) is 0 Å². The highest BCUT2D eigenvalue weighted by Crippen LogP contribution is 2.41. The Balaban J connectivity index is 1.67. The van der Waals surface area contributed by atoms with Gasteiger partial charge in [0.2, 0.25) is 0 Å². The number of rotatable bonds is 8. The van der Waals surface area contributed by atoms with Crippen molar-refractivity contribution in [2.24, 2.45) is 0 Å². The summed E-state index contributed by atoms with van der Waals surface area (Å²) in [5.41, 5.74) is 2.54. The normalized spacial score (nSPS) is 16.9. The molecule has 7 heteroatoms. The third-order valence-corrected chi connectivity index (χ3v) is 6.95. The lowest BCUT2D eigenvalue weighted by atomic mass is 9.90. The standard InChI is InChI=1S/C30H34N2O5/c1-6-20(22-14-10-12-21-11-8-9-13-23(21)22)17-31-18-25-19(3)32(30(34)37-7-2)26-16-28(36-5)27(35-4)15-24(26)29(25)33/h8-16,18-20,31H,6-7,17H2,1-5H3. The molecule has 0 aliphatic carbocycles. The number of benzene rings is 3. The molecule has 2 unspecified atom stereocenters. The number of carbonyl (C=O) groups is 2. The second-order valence-electron chi connectivity index (χ2n) is 8.98. The maximum absolute atomic E-state index is 13.6. The minimum absolute atomic E-state index is 0.172.